The highest BCUT2D eigenvalue weighted by Crippen LogP contribution is 2.67. The van der Waals surface area contributed by atoms with E-state index in [1.165, 1.54) is 11.1 Å². The van der Waals surface area contributed by atoms with Crippen LogP contribution in [0.2, 0.25) is 0 Å². The molecule has 0 aromatic heterocycles. The molecule has 5 rings (SSSR count). The standard InChI is InChI=1S/C20H26ClNO3/c1-22-10-8-19-13-4-5-15(23)18(19)25-20(7-2-9-21)16(24)6-3-12(17(19)20)11-14(13)22/h3-6,13-16,18,23-24H,2,7-11H2,1H3/t13-,14+,15-,16?,18-,19-,20?/m0/s1. The van der Waals surface area contributed by atoms with E-state index in [0.29, 0.717) is 24.3 Å². The van der Waals surface area contributed by atoms with Gasteiger partial charge in [0.25, 0.3) is 0 Å². The highest BCUT2D eigenvalue weighted by Gasteiger charge is 2.70. The van der Waals surface area contributed by atoms with Crippen LogP contribution in [0.3, 0.4) is 0 Å². The first kappa shape index (κ1) is 16.5. The zero-order valence-electron chi connectivity index (χ0n) is 14.6. The average Bonchev–Trinajstić information content (AvgIpc) is 2.92. The van der Waals surface area contributed by atoms with E-state index in [2.05, 4.69) is 24.1 Å². The highest BCUT2D eigenvalue weighted by atomic mass is 35.5. The summed E-state index contributed by atoms with van der Waals surface area (Å²) in [4.78, 5) is 2.45. The van der Waals surface area contributed by atoms with Crippen LogP contribution in [0, 0.1) is 11.3 Å². The molecule has 25 heavy (non-hydrogen) atoms. The second kappa shape index (κ2) is 5.43. The number of ether oxygens (including phenoxy) is 1. The molecule has 2 unspecified atom stereocenters. The Morgan fingerprint density at radius 3 is 2.96 bits per heavy atom. The highest BCUT2D eigenvalue weighted by molar-refractivity contribution is 6.17. The van der Waals surface area contributed by atoms with Crippen LogP contribution < -0.4 is 0 Å². The van der Waals surface area contributed by atoms with Crippen molar-refractivity contribution in [2.45, 2.75) is 55.6 Å². The molecule has 2 bridgehead atoms. The molecular formula is C20H26ClNO3. The molecule has 0 saturated carbocycles. The molecule has 3 aliphatic carbocycles. The Balaban J connectivity index is 1.74. The van der Waals surface area contributed by atoms with Crippen molar-refractivity contribution in [3.63, 3.8) is 0 Å². The molecule has 2 fully saturated rings. The Morgan fingerprint density at radius 1 is 1.32 bits per heavy atom. The van der Waals surface area contributed by atoms with Gasteiger partial charge in [-0.2, -0.15) is 0 Å². The van der Waals surface area contributed by atoms with Crippen LogP contribution in [0.15, 0.2) is 35.5 Å². The van der Waals surface area contributed by atoms with E-state index >= 15 is 0 Å². The summed E-state index contributed by atoms with van der Waals surface area (Å²) in [5, 5.41) is 21.7. The first-order valence-corrected chi connectivity index (χ1v) is 9.99. The van der Waals surface area contributed by atoms with Crippen LogP contribution in [-0.4, -0.2) is 64.5 Å². The van der Waals surface area contributed by atoms with Gasteiger partial charge < -0.3 is 19.8 Å². The first-order chi connectivity index (χ1) is 12.0. The first-order valence-electron chi connectivity index (χ1n) is 9.45. The summed E-state index contributed by atoms with van der Waals surface area (Å²) in [6.45, 7) is 1.00. The summed E-state index contributed by atoms with van der Waals surface area (Å²) in [5.74, 6) is 0.896. The van der Waals surface area contributed by atoms with E-state index in [1.807, 2.05) is 12.2 Å². The maximum atomic E-state index is 11.0. The molecule has 136 valence electrons. The van der Waals surface area contributed by atoms with Crippen LogP contribution in [0.4, 0.5) is 0 Å². The van der Waals surface area contributed by atoms with Crippen LogP contribution >= 0.6 is 11.6 Å². The van der Waals surface area contributed by atoms with Gasteiger partial charge in [-0.25, -0.2) is 0 Å². The van der Waals surface area contributed by atoms with E-state index < -0.39 is 17.8 Å². The van der Waals surface area contributed by atoms with E-state index in [9.17, 15) is 10.2 Å². The van der Waals surface area contributed by atoms with Crippen LogP contribution in [0.25, 0.3) is 0 Å². The van der Waals surface area contributed by atoms with Crippen LogP contribution in [-0.2, 0) is 4.74 Å². The maximum Gasteiger partial charge on any atom is 0.120 e. The molecule has 2 heterocycles. The second-order valence-corrected chi connectivity index (χ2v) is 8.75. The van der Waals surface area contributed by atoms with Crippen molar-refractivity contribution in [3.8, 4) is 0 Å². The molecule has 1 spiro atoms. The molecule has 0 radical (unpaired) electrons. The zero-order valence-corrected chi connectivity index (χ0v) is 15.3. The number of allylic oxidation sites excluding steroid dienone is 1. The lowest BCUT2D eigenvalue weighted by Gasteiger charge is -2.58. The number of rotatable bonds is 3. The van der Waals surface area contributed by atoms with Crippen molar-refractivity contribution in [2.24, 2.45) is 11.3 Å². The van der Waals surface area contributed by atoms with Gasteiger partial charge in [0, 0.05) is 23.3 Å². The van der Waals surface area contributed by atoms with Gasteiger partial charge in [0.2, 0.25) is 0 Å². The number of aliphatic hydroxyl groups is 2. The van der Waals surface area contributed by atoms with Crippen molar-refractivity contribution in [1.82, 2.24) is 4.90 Å². The molecule has 4 nitrogen and oxygen atoms in total. The summed E-state index contributed by atoms with van der Waals surface area (Å²) >= 11 is 6.00. The zero-order chi connectivity index (χ0) is 17.4. The number of halogens is 1. The predicted molar refractivity (Wildman–Crippen MR) is 96.5 cm³/mol. The Labute approximate surface area is 153 Å². The van der Waals surface area contributed by atoms with Crippen molar-refractivity contribution in [2.75, 3.05) is 19.5 Å². The van der Waals surface area contributed by atoms with Gasteiger partial charge in [-0.3, -0.25) is 0 Å². The number of nitrogens with zero attached hydrogens (tertiary/aromatic N) is 1. The van der Waals surface area contributed by atoms with Crippen molar-refractivity contribution in [3.05, 3.63) is 35.5 Å². The molecule has 5 aliphatic rings. The summed E-state index contributed by atoms with van der Waals surface area (Å²) in [5.41, 5.74) is 1.70. The van der Waals surface area contributed by atoms with Gasteiger partial charge in [-0.1, -0.05) is 24.3 Å². The van der Waals surface area contributed by atoms with Crippen molar-refractivity contribution in [1.29, 1.82) is 0 Å². The molecule has 0 aromatic carbocycles. The monoisotopic (exact) mass is 363 g/mol. The van der Waals surface area contributed by atoms with Gasteiger partial charge in [0.1, 0.15) is 11.7 Å². The Kier molecular flexibility index (Phi) is 3.59. The van der Waals surface area contributed by atoms with E-state index in [-0.39, 0.29) is 11.5 Å². The number of alkyl halides is 1. The third kappa shape index (κ3) is 1.87. The van der Waals surface area contributed by atoms with Gasteiger partial charge in [0.15, 0.2) is 0 Å². The molecule has 2 aliphatic heterocycles. The van der Waals surface area contributed by atoms with Gasteiger partial charge in [-0.05, 0) is 50.4 Å². The smallest absolute Gasteiger partial charge is 0.120 e. The van der Waals surface area contributed by atoms with E-state index in [1.54, 1.807) is 0 Å². The van der Waals surface area contributed by atoms with Gasteiger partial charge in [-0.15, -0.1) is 11.6 Å². The summed E-state index contributed by atoms with van der Waals surface area (Å²) in [7, 11) is 2.20. The number of aliphatic hydroxyl groups excluding tert-OH is 2. The lowest BCUT2D eigenvalue weighted by Crippen LogP contribution is -2.62. The average molecular weight is 364 g/mol. The van der Waals surface area contributed by atoms with Crippen molar-refractivity contribution >= 4 is 11.6 Å². The Hall–Kier alpha value is -0.650. The number of hydrogen-bond donors (Lipinski definition) is 2. The molecule has 2 saturated heterocycles. The summed E-state index contributed by atoms with van der Waals surface area (Å²) < 4.78 is 6.64. The van der Waals surface area contributed by atoms with Crippen LogP contribution in [0.1, 0.15) is 25.7 Å². The van der Waals surface area contributed by atoms with Gasteiger partial charge in [0.05, 0.1) is 12.2 Å². The molecule has 0 aromatic rings. The lowest BCUT2D eigenvalue weighted by molar-refractivity contribution is -0.143. The Morgan fingerprint density at radius 2 is 2.16 bits per heavy atom. The molecule has 5 heteroatoms. The lowest BCUT2D eigenvalue weighted by atomic mass is 9.50. The third-order valence-electron chi connectivity index (χ3n) is 7.40. The summed E-state index contributed by atoms with van der Waals surface area (Å²) in [6, 6.07) is 0.436. The van der Waals surface area contributed by atoms with Gasteiger partial charge >= 0.3 is 0 Å². The largest absolute Gasteiger partial charge is 0.386 e. The second-order valence-electron chi connectivity index (χ2n) is 8.37. The minimum absolute atomic E-state index is 0.184. The fraction of sp³-hybridized carbons (Fsp3) is 0.700. The Bertz CT molecular complexity index is 688. The SMILES string of the molecule is CN1CC[C@]23C4=C5C=CC(O)C4(CCCCl)O[C@H]2[C@@H](O)C=C[C@H]3[C@H]1C5. The quantitative estimate of drug-likeness (QED) is 0.595. The number of likely N-dealkylation sites (tertiary alicyclic amines) is 1. The number of hydrogen-bond acceptors (Lipinski definition) is 4. The topological polar surface area (TPSA) is 52.9 Å². The van der Waals surface area contributed by atoms with Crippen molar-refractivity contribution < 1.29 is 14.9 Å². The maximum absolute atomic E-state index is 11.0. The fourth-order valence-corrected chi connectivity index (χ4v) is 6.58. The molecular weight excluding hydrogens is 338 g/mol. The van der Waals surface area contributed by atoms with E-state index in [0.717, 1.165) is 25.8 Å². The predicted octanol–water partition coefficient (Wildman–Crippen LogP) is 2.01. The molecule has 7 atom stereocenters. The van der Waals surface area contributed by atoms with Crippen LogP contribution in [0.5, 0.6) is 0 Å². The van der Waals surface area contributed by atoms with E-state index in [4.69, 9.17) is 16.3 Å². The minimum atomic E-state index is -0.713. The molecule has 2 N–H and O–H groups in total. The fourth-order valence-electron chi connectivity index (χ4n) is 6.44. The summed E-state index contributed by atoms with van der Waals surface area (Å²) in [6.07, 6.45) is 10.0. The normalized spacial score (nSPS) is 50.3. The minimum Gasteiger partial charge on any atom is -0.386 e. The molecule has 0 amide bonds. The number of piperidine rings is 1. The third-order valence-corrected chi connectivity index (χ3v) is 7.67.